The van der Waals surface area contributed by atoms with E-state index in [4.69, 9.17) is 24.5 Å². The number of unbranched alkanes of at least 4 members (excludes halogenated alkanes) is 1. The van der Waals surface area contributed by atoms with Crippen LogP contribution in [-0.2, 0) is 16.1 Å². The van der Waals surface area contributed by atoms with Gasteiger partial charge in [0, 0.05) is 6.54 Å². The van der Waals surface area contributed by atoms with Crippen LogP contribution in [0, 0.1) is 0 Å². The molecule has 0 heterocycles. The smallest absolute Gasteiger partial charge is 0.414 e. The van der Waals surface area contributed by atoms with Crippen LogP contribution in [-0.4, -0.2) is 47.8 Å². The van der Waals surface area contributed by atoms with Crippen LogP contribution >= 0.6 is 0 Å². The second-order valence-electron chi connectivity index (χ2n) is 4.55. The average Bonchev–Trinajstić information content (AvgIpc) is 2.46. The van der Waals surface area contributed by atoms with Gasteiger partial charge in [-0.15, -0.1) is 0 Å². The maximum atomic E-state index is 9.10. The standard InChI is InChI=1S/C13H21NO.C2H2O4/c1-4-5-10-14(2)11-12-6-8-13(15-3)9-7-12;3-1(4)2(5)6/h6-9H,4-5,10-11H2,1-3H3;(H,3,4)(H,5,6). The minimum Gasteiger partial charge on any atom is -0.497 e. The third kappa shape index (κ3) is 9.45. The van der Waals surface area contributed by atoms with Crippen molar-refractivity contribution in [3.05, 3.63) is 29.8 Å². The van der Waals surface area contributed by atoms with E-state index in [2.05, 4.69) is 31.0 Å². The minimum atomic E-state index is -1.82. The van der Waals surface area contributed by atoms with Crippen molar-refractivity contribution in [3.63, 3.8) is 0 Å². The summed E-state index contributed by atoms with van der Waals surface area (Å²) in [6, 6.07) is 8.29. The SMILES string of the molecule is CCCCN(C)Cc1ccc(OC)cc1.O=C(O)C(=O)O. The van der Waals surface area contributed by atoms with E-state index < -0.39 is 11.9 Å². The lowest BCUT2D eigenvalue weighted by Crippen LogP contribution is -2.18. The van der Waals surface area contributed by atoms with Gasteiger partial charge in [0.15, 0.2) is 0 Å². The van der Waals surface area contributed by atoms with Crippen LogP contribution in [0.1, 0.15) is 25.3 Å². The second-order valence-corrected chi connectivity index (χ2v) is 4.55. The Balaban J connectivity index is 0.000000567. The fourth-order valence-corrected chi connectivity index (χ4v) is 1.55. The molecular weight excluding hydrogens is 274 g/mol. The molecule has 0 saturated carbocycles. The summed E-state index contributed by atoms with van der Waals surface area (Å²) < 4.78 is 5.13. The van der Waals surface area contributed by atoms with E-state index in [1.54, 1.807) is 7.11 Å². The number of nitrogens with zero attached hydrogens (tertiary/aromatic N) is 1. The number of carbonyl (C=O) groups is 2. The van der Waals surface area contributed by atoms with Gasteiger partial charge in [0.2, 0.25) is 0 Å². The van der Waals surface area contributed by atoms with Gasteiger partial charge in [-0.3, -0.25) is 0 Å². The molecule has 21 heavy (non-hydrogen) atoms. The van der Waals surface area contributed by atoms with E-state index >= 15 is 0 Å². The Morgan fingerprint density at radius 2 is 1.67 bits per heavy atom. The summed E-state index contributed by atoms with van der Waals surface area (Å²) in [6.07, 6.45) is 2.53. The van der Waals surface area contributed by atoms with Crippen molar-refractivity contribution in [2.24, 2.45) is 0 Å². The highest BCUT2D eigenvalue weighted by Gasteiger charge is 2.04. The first-order valence-electron chi connectivity index (χ1n) is 6.68. The largest absolute Gasteiger partial charge is 0.497 e. The van der Waals surface area contributed by atoms with Gasteiger partial charge in [-0.05, 0) is 37.7 Å². The topological polar surface area (TPSA) is 87.1 Å². The number of methoxy groups -OCH3 is 1. The van der Waals surface area contributed by atoms with E-state index in [1.165, 1.54) is 24.9 Å². The highest BCUT2D eigenvalue weighted by molar-refractivity contribution is 6.27. The lowest BCUT2D eigenvalue weighted by atomic mass is 10.2. The lowest BCUT2D eigenvalue weighted by molar-refractivity contribution is -0.159. The first-order valence-corrected chi connectivity index (χ1v) is 6.68. The Bertz CT molecular complexity index is 418. The van der Waals surface area contributed by atoms with Gasteiger partial charge < -0.3 is 19.8 Å². The van der Waals surface area contributed by atoms with E-state index in [0.717, 1.165) is 12.3 Å². The van der Waals surface area contributed by atoms with Crippen LogP contribution in [0.3, 0.4) is 0 Å². The van der Waals surface area contributed by atoms with Crippen molar-refractivity contribution in [2.75, 3.05) is 20.7 Å². The molecular formula is C15H23NO5. The summed E-state index contributed by atoms with van der Waals surface area (Å²) in [7, 11) is 3.86. The molecule has 2 N–H and O–H groups in total. The number of carboxylic acid groups (broad SMARTS) is 2. The predicted molar refractivity (Wildman–Crippen MR) is 79.5 cm³/mol. The fourth-order valence-electron chi connectivity index (χ4n) is 1.55. The van der Waals surface area contributed by atoms with Gasteiger partial charge >= 0.3 is 11.9 Å². The minimum absolute atomic E-state index is 0.926. The Kier molecular flexibility index (Phi) is 9.62. The molecule has 118 valence electrons. The number of hydrogen-bond donors (Lipinski definition) is 2. The van der Waals surface area contributed by atoms with Crippen molar-refractivity contribution in [1.29, 1.82) is 0 Å². The predicted octanol–water partition coefficient (Wildman–Crippen LogP) is 2.08. The number of rotatable bonds is 6. The molecule has 0 aliphatic carbocycles. The maximum Gasteiger partial charge on any atom is 0.414 e. The quantitative estimate of drug-likeness (QED) is 0.782. The molecule has 6 heteroatoms. The fraction of sp³-hybridized carbons (Fsp3) is 0.467. The molecule has 0 fully saturated rings. The average molecular weight is 297 g/mol. The van der Waals surface area contributed by atoms with Crippen molar-refractivity contribution in [3.8, 4) is 5.75 Å². The van der Waals surface area contributed by atoms with Gasteiger partial charge in [0.05, 0.1) is 7.11 Å². The molecule has 0 unspecified atom stereocenters. The summed E-state index contributed by atoms with van der Waals surface area (Å²) >= 11 is 0. The highest BCUT2D eigenvalue weighted by atomic mass is 16.5. The van der Waals surface area contributed by atoms with Gasteiger partial charge in [-0.1, -0.05) is 25.5 Å². The number of benzene rings is 1. The molecule has 0 saturated heterocycles. The summed E-state index contributed by atoms with van der Waals surface area (Å²) in [5, 5.41) is 14.8. The Labute approximate surface area is 125 Å². The van der Waals surface area contributed by atoms with Crippen LogP contribution in [0.5, 0.6) is 5.75 Å². The second kappa shape index (κ2) is 10.7. The third-order valence-corrected chi connectivity index (χ3v) is 2.69. The number of carboxylic acids is 2. The van der Waals surface area contributed by atoms with Crippen molar-refractivity contribution in [1.82, 2.24) is 4.90 Å². The first-order chi connectivity index (χ1) is 9.90. The van der Waals surface area contributed by atoms with E-state index in [1.807, 2.05) is 12.1 Å². The monoisotopic (exact) mass is 297 g/mol. The zero-order valence-electron chi connectivity index (χ0n) is 12.7. The summed E-state index contributed by atoms with van der Waals surface area (Å²) in [4.78, 5) is 20.6. The molecule has 0 amide bonds. The van der Waals surface area contributed by atoms with Crippen molar-refractivity contribution < 1.29 is 24.5 Å². The molecule has 0 aliphatic heterocycles. The number of aliphatic carboxylic acids is 2. The van der Waals surface area contributed by atoms with E-state index in [0.29, 0.717) is 0 Å². The number of ether oxygens (including phenoxy) is 1. The molecule has 0 bridgehead atoms. The van der Waals surface area contributed by atoms with Crippen LogP contribution in [0.25, 0.3) is 0 Å². The van der Waals surface area contributed by atoms with E-state index in [9.17, 15) is 0 Å². The normalized spacial score (nSPS) is 9.71. The summed E-state index contributed by atoms with van der Waals surface area (Å²) in [5.74, 6) is -2.72. The Morgan fingerprint density at radius 1 is 1.14 bits per heavy atom. The molecule has 0 aliphatic rings. The molecule has 1 aromatic carbocycles. The zero-order valence-corrected chi connectivity index (χ0v) is 12.7. The summed E-state index contributed by atoms with van der Waals surface area (Å²) in [5.41, 5.74) is 1.34. The Hall–Kier alpha value is -2.08. The molecule has 1 aromatic rings. The molecule has 1 rings (SSSR count). The summed E-state index contributed by atoms with van der Waals surface area (Å²) in [6.45, 7) is 4.41. The van der Waals surface area contributed by atoms with Crippen molar-refractivity contribution >= 4 is 11.9 Å². The molecule has 6 nitrogen and oxygen atoms in total. The third-order valence-electron chi connectivity index (χ3n) is 2.69. The number of hydrogen-bond acceptors (Lipinski definition) is 4. The molecule has 0 atom stereocenters. The van der Waals surface area contributed by atoms with Crippen LogP contribution in [0.2, 0.25) is 0 Å². The van der Waals surface area contributed by atoms with Crippen LogP contribution in [0.15, 0.2) is 24.3 Å². The van der Waals surface area contributed by atoms with E-state index in [-0.39, 0.29) is 0 Å². The van der Waals surface area contributed by atoms with Gasteiger partial charge in [-0.25, -0.2) is 9.59 Å². The highest BCUT2D eigenvalue weighted by Crippen LogP contribution is 2.12. The molecule has 0 aromatic heterocycles. The molecule has 0 spiro atoms. The van der Waals surface area contributed by atoms with Gasteiger partial charge in [-0.2, -0.15) is 0 Å². The van der Waals surface area contributed by atoms with Crippen molar-refractivity contribution in [2.45, 2.75) is 26.3 Å². The maximum absolute atomic E-state index is 9.10. The van der Waals surface area contributed by atoms with Crippen LogP contribution in [0.4, 0.5) is 0 Å². The zero-order chi connectivity index (χ0) is 16.3. The first kappa shape index (κ1) is 18.9. The van der Waals surface area contributed by atoms with Gasteiger partial charge in [0.25, 0.3) is 0 Å². The Morgan fingerprint density at radius 3 is 2.05 bits per heavy atom. The molecule has 0 radical (unpaired) electrons. The lowest BCUT2D eigenvalue weighted by Gasteiger charge is -2.16. The van der Waals surface area contributed by atoms with Crippen LogP contribution < -0.4 is 4.74 Å². The van der Waals surface area contributed by atoms with Gasteiger partial charge in [0.1, 0.15) is 5.75 Å².